The van der Waals surface area contributed by atoms with Crippen molar-refractivity contribution >= 4 is 17.5 Å². The second-order valence-corrected chi connectivity index (χ2v) is 7.24. The average molecular weight is 329 g/mol. The number of aromatic nitrogens is 2. The van der Waals surface area contributed by atoms with Crippen molar-refractivity contribution in [3.8, 4) is 0 Å². The summed E-state index contributed by atoms with van der Waals surface area (Å²) in [4.78, 5) is 18.9. The van der Waals surface area contributed by atoms with Crippen LogP contribution in [0.5, 0.6) is 0 Å². The van der Waals surface area contributed by atoms with Gasteiger partial charge in [-0.2, -0.15) is 0 Å². The molecule has 1 aromatic rings. The van der Waals surface area contributed by atoms with E-state index in [-0.39, 0.29) is 0 Å². The lowest BCUT2D eigenvalue weighted by molar-refractivity contribution is -0.138. The van der Waals surface area contributed by atoms with Gasteiger partial charge in [-0.1, -0.05) is 6.42 Å². The zero-order chi connectivity index (χ0) is 16.4. The smallest absolute Gasteiger partial charge is 0.225 e. The van der Waals surface area contributed by atoms with Crippen molar-refractivity contribution in [1.29, 1.82) is 0 Å². The molecule has 1 aromatic heterocycles. The Morgan fingerprint density at radius 1 is 0.792 bits per heavy atom. The highest BCUT2D eigenvalue weighted by molar-refractivity contribution is 5.79. The van der Waals surface area contributed by atoms with Gasteiger partial charge in [0.15, 0.2) is 11.6 Å². The van der Waals surface area contributed by atoms with Crippen molar-refractivity contribution in [2.45, 2.75) is 38.5 Å². The molecule has 0 atom stereocenters. The number of carbonyl (C=O) groups is 1. The Balaban J connectivity index is 1.32. The second-order valence-electron chi connectivity index (χ2n) is 7.24. The van der Waals surface area contributed by atoms with Crippen LogP contribution in [0.2, 0.25) is 0 Å². The first-order valence-electron chi connectivity index (χ1n) is 9.44. The van der Waals surface area contributed by atoms with Gasteiger partial charge < -0.3 is 14.7 Å². The lowest BCUT2D eigenvalue weighted by atomic mass is 9.84. The van der Waals surface area contributed by atoms with Crippen LogP contribution < -0.4 is 9.80 Å². The largest absolute Gasteiger partial charge is 0.355 e. The van der Waals surface area contributed by atoms with E-state index >= 15 is 0 Å². The molecule has 0 aromatic carbocycles. The second kappa shape index (κ2) is 6.95. The number of hydrogen-bond acceptors (Lipinski definition) is 5. The fraction of sp³-hybridized carbons (Fsp3) is 0.722. The van der Waals surface area contributed by atoms with Crippen LogP contribution in [0.3, 0.4) is 0 Å². The molecule has 0 radical (unpaired) electrons. The summed E-state index contributed by atoms with van der Waals surface area (Å²) >= 11 is 0. The summed E-state index contributed by atoms with van der Waals surface area (Å²) in [6.07, 6.45) is 7.22. The Labute approximate surface area is 143 Å². The number of nitrogens with zero attached hydrogens (tertiary/aromatic N) is 5. The average Bonchev–Trinajstić information content (AvgIpc) is 2.61. The van der Waals surface area contributed by atoms with Crippen LogP contribution in [0.4, 0.5) is 11.6 Å². The van der Waals surface area contributed by atoms with Crippen molar-refractivity contribution in [1.82, 2.24) is 15.1 Å². The van der Waals surface area contributed by atoms with Crippen LogP contribution in [-0.2, 0) is 4.79 Å². The molecule has 1 saturated carbocycles. The lowest BCUT2D eigenvalue weighted by Crippen LogP contribution is -2.51. The molecule has 3 heterocycles. The highest BCUT2D eigenvalue weighted by atomic mass is 16.2. The highest BCUT2D eigenvalue weighted by Gasteiger charge is 2.31. The van der Waals surface area contributed by atoms with E-state index in [1.807, 2.05) is 4.90 Å². The summed E-state index contributed by atoms with van der Waals surface area (Å²) in [5.41, 5.74) is 0. The van der Waals surface area contributed by atoms with Gasteiger partial charge in [0, 0.05) is 45.2 Å². The van der Waals surface area contributed by atoms with Gasteiger partial charge >= 0.3 is 0 Å². The molecule has 1 aliphatic carbocycles. The predicted octanol–water partition coefficient (Wildman–Crippen LogP) is 1.92. The maximum absolute atomic E-state index is 12.3. The van der Waals surface area contributed by atoms with Crippen LogP contribution in [0.25, 0.3) is 0 Å². The molecule has 0 unspecified atom stereocenters. The SMILES string of the molecule is O=C(C1CCC1)N1CCN(c2ccc(N3CCCCC3)nn2)CC1. The van der Waals surface area contributed by atoms with Gasteiger partial charge in [-0.05, 0) is 44.2 Å². The van der Waals surface area contributed by atoms with E-state index in [1.54, 1.807) is 0 Å². The number of hydrogen-bond donors (Lipinski definition) is 0. The van der Waals surface area contributed by atoms with E-state index in [0.717, 1.165) is 63.7 Å². The molecule has 2 aliphatic heterocycles. The van der Waals surface area contributed by atoms with Crippen molar-refractivity contribution in [2.24, 2.45) is 5.92 Å². The highest BCUT2D eigenvalue weighted by Crippen LogP contribution is 2.29. The summed E-state index contributed by atoms with van der Waals surface area (Å²) < 4.78 is 0. The molecule has 130 valence electrons. The number of carbonyl (C=O) groups excluding carboxylic acids is 1. The zero-order valence-electron chi connectivity index (χ0n) is 14.4. The van der Waals surface area contributed by atoms with E-state index in [2.05, 4.69) is 32.1 Å². The first kappa shape index (κ1) is 15.7. The predicted molar refractivity (Wildman–Crippen MR) is 94.2 cm³/mol. The molecular formula is C18H27N5O. The summed E-state index contributed by atoms with van der Waals surface area (Å²) in [7, 11) is 0. The molecule has 0 bridgehead atoms. The third-order valence-corrected chi connectivity index (χ3v) is 5.69. The van der Waals surface area contributed by atoms with Crippen molar-refractivity contribution in [3.05, 3.63) is 12.1 Å². The van der Waals surface area contributed by atoms with E-state index in [4.69, 9.17) is 0 Å². The van der Waals surface area contributed by atoms with Crippen LogP contribution in [0.15, 0.2) is 12.1 Å². The number of anilines is 2. The molecule has 2 saturated heterocycles. The Morgan fingerprint density at radius 3 is 1.88 bits per heavy atom. The Bertz CT molecular complexity index is 557. The van der Waals surface area contributed by atoms with Crippen LogP contribution in [0.1, 0.15) is 38.5 Å². The zero-order valence-corrected chi connectivity index (χ0v) is 14.4. The summed E-state index contributed by atoms with van der Waals surface area (Å²) in [6.45, 7) is 5.52. The standard InChI is InChI=1S/C18H27N5O/c24-18(15-5-4-6-15)23-13-11-22(12-14-23)17-8-7-16(19-20-17)21-9-2-1-3-10-21/h7-8,15H,1-6,9-14H2. The third kappa shape index (κ3) is 3.19. The lowest BCUT2D eigenvalue weighted by Gasteiger charge is -2.38. The molecule has 0 N–H and O–H groups in total. The number of rotatable bonds is 3. The van der Waals surface area contributed by atoms with Crippen LogP contribution in [0, 0.1) is 5.92 Å². The Hall–Kier alpha value is -1.85. The molecule has 3 aliphatic rings. The minimum absolute atomic E-state index is 0.306. The summed E-state index contributed by atoms with van der Waals surface area (Å²) in [6, 6.07) is 4.18. The van der Waals surface area contributed by atoms with Crippen molar-refractivity contribution in [2.75, 3.05) is 49.1 Å². The Kier molecular flexibility index (Phi) is 4.54. The van der Waals surface area contributed by atoms with Gasteiger partial charge in [0.05, 0.1) is 0 Å². The normalized spacial score (nSPS) is 22.4. The van der Waals surface area contributed by atoms with Gasteiger partial charge in [-0.3, -0.25) is 4.79 Å². The monoisotopic (exact) mass is 329 g/mol. The van der Waals surface area contributed by atoms with Crippen LogP contribution in [-0.4, -0.2) is 60.3 Å². The van der Waals surface area contributed by atoms with Gasteiger partial charge in [-0.15, -0.1) is 10.2 Å². The fourth-order valence-corrected chi connectivity index (χ4v) is 3.85. The molecule has 3 fully saturated rings. The minimum atomic E-state index is 0.306. The van der Waals surface area contributed by atoms with E-state index in [9.17, 15) is 4.79 Å². The van der Waals surface area contributed by atoms with E-state index < -0.39 is 0 Å². The first-order chi connectivity index (χ1) is 11.8. The molecule has 6 heteroatoms. The molecule has 6 nitrogen and oxygen atoms in total. The number of piperidine rings is 1. The van der Waals surface area contributed by atoms with Gasteiger partial charge in [-0.25, -0.2) is 0 Å². The third-order valence-electron chi connectivity index (χ3n) is 5.69. The van der Waals surface area contributed by atoms with Gasteiger partial charge in [0.2, 0.25) is 5.91 Å². The minimum Gasteiger partial charge on any atom is -0.355 e. The van der Waals surface area contributed by atoms with Gasteiger partial charge in [0.1, 0.15) is 0 Å². The molecular weight excluding hydrogens is 302 g/mol. The summed E-state index contributed by atoms with van der Waals surface area (Å²) in [5.74, 6) is 2.61. The van der Waals surface area contributed by atoms with Crippen LogP contribution >= 0.6 is 0 Å². The maximum atomic E-state index is 12.3. The van der Waals surface area contributed by atoms with Gasteiger partial charge in [0.25, 0.3) is 0 Å². The molecule has 24 heavy (non-hydrogen) atoms. The Morgan fingerprint density at radius 2 is 1.38 bits per heavy atom. The van der Waals surface area contributed by atoms with E-state index in [0.29, 0.717) is 11.8 Å². The molecule has 0 spiro atoms. The molecule has 1 amide bonds. The fourth-order valence-electron chi connectivity index (χ4n) is 3.85. The molecule has 4 rings (SSSR count). The quantitative estimate of drug-likeness (QED) is 0.848. The number of piperazine rings is 1. The maximum Gasteiger partial charge on any atom is 0.225 e. The number of amides is 1. The van der Waals surface area contributed by atoms with E-state index in [1.165, 1.54) is 25.7 Å². The topological polar surface area (TPSA) is 52.6 Å². The first-order valence-corrected chi connectivity index (χ1v) is 9.44. The van der Waals surface area contributed by atoms with Crippen molar-refractivity contribution < 1.29 is 4.79 Å². The van der Waals surface area contributed by atoms with Crippen molar-refractivity contribution in [3.63, 3.8) is 0 Å². The summed E-state index contributed by atoms with van der Waals surface area (Å²) in [5, 5.41) is 8.88.